The van der Waals surface area contributed by atoms with E-state index < -0.39 is 46.9 Å². The monoisotopic (exact) mass is 634 g/mol. The van der Waals surface area contributed by atoms with Crippen LogP contribution in [0.3, 0.4) is 0 Å². The van der Waals surface area contributed by atoms with E-state index in [0.717, 1.165) is 21.0 Å². The number of carboxylic acid groups (broad SMARTS) is 1. The summed E-state index contributed by atoms with van der Waals surface area (Å²) < 4.78 is 5.84. The molecule has 0 saturated carbocycles. The summed E-state index contributed by atoms with van der Waals surface area (Å²) in [4.78, 5) is 77.7. The van der Waals surface area contributed by atoms with Crippen LogP contribution in [0.15, 0.2) is 46.7 Å². The van der Waals surface area contributed by atoms with E-state index in [1.54, 1.807) is 41.7 Å². The fourth-order valence-electron chi connectivity index (χ4n) is 4.61. The number of aliphatic carboxylic acids is 1. The van der Waals surface area contributed by atoms with Crippen molar-refractivity contribution in [2.75, 3.05) is 34.5 Å². The summed E-state index contributed by atoms with van der Waals surface area (Å²) in [6.45, 7) is 0.957. The second-order valence-electron chi connectivity index (χ2n) is 9.29. The zero-order valence-corrected chi connectivity index (χ0v) is 24.5. The number of H-pyrrole nitrogens is 1. The SMILES string of the molecule is CC(=O)OCC1=C(C(=O)O)N2C(=O)C(NC(=O)Cc3cccc(NC4SCCS4)c3NC(=O)n3cc[nH]c3=O)[C@@H]2SC1. The number of esters is 1. The van der Waals surface area contributed by atoms with Crippen LogP contribution in [0, 0.1) is 0 Å². The van der Waals surface area contributed by atoms with Gasteiger partial charge in [0.05, 0.1) is 17.8 Å². The molecule has 14 nitrogen and oxygen atoms in total. The lowest BCUT2D eigenvalue weighted by Crippen LogP contribution is -2.70. The number of fused-ring (bicyclic) bond motifs is 1. The molecule has 5 rings (SSSR count). The molecule has 17 heteroatoms. The number of ether oxygens (including phenoxy) is 1. The number of imidazole rings is 1. The maximum Gasteiger partial charge on any atom is 0.352 e. The number of nitrogens with zero attached hydrogens (tertiary/aromatic N) is 2. The minimum atomic E-state index is -1.33. The van der Waals surface area contributed by atoms with Crippen LogP contribution in [0.4, 0.5) is 16.2 Å². The molecule has 0 aliphatic carbocycles. The normalized spacial score (nSPS) is 20.0. The average molecular weight is 635 g/mol. The van der Waals surface area contributed by atoms with Crippen LogP contribution in [0.5, 0.6) is 0 Å². The largest absolute Gasteiger partial charge is 0.477 e. The third kappa shape index (κ3) is 6.17. The number of nitrogens with one attached hydrogen (secondary N) is 4. The number of aromatic nitrogens is 2. The standard InChI is InChI=1S/C25H26N6O8S3/c1-12(32)39-10-14-11-42-21-18(20(34)31(21)19(14)22(35)36)28-16(33)9-13-3-2-4-15(27-25-40-7-8-41-25)17(13)29-24(38)30-6-5-26-23(30)37/h2-6,18,21,25,27H,7-11H2,1H3,(H,26,37)(H,28,33)(H,29,38)(H,35,36)/t18?,21-/m0/s1. The first-order chi connectivity index (χ1) is 20.1. The fourth-order valence-corrected chi connectivity index (χ4v) is 8.52. The van der Waals surface area contributed by atoms with Crippen LogP contribution < -0.4 is 21.6 Å². The molecule has 1 aromatic carbocycles. The predicted octanol–water partition coefficient (Wildman–Crippen LogP) is 1.28. The molecule has 2 fully saturated rings. The number of anilines is 2. The van der Waals surface area contributed by atoms with Gasteiger partial charge in [0.15, 0.2) is 0 Å². The number of benzene rings is 1. The van der Waals surface area contributed by atoms with Gasteiger partial charge in [0, 0.05) is 42.1 Å². The summed E-state index contributed by atoms with van der Waals surface area (Å²) >= 11 is 4.67. The minimum Gasteiger partial charge on any atom is -0.477 e. The van der Waals surface area contributed by atoms with Crippen LogP contribution in [0.25, 0.3) is 0 Å². The Balaban J connectivity index is 1.32. The number of β-lactam (4-membered cyclic amide) rings is 1. The summed E-state index contributed by atoms with van der Waals surface area (Å²) in [7, 11) is 0. The Morgan fingerprint density at radius 1 is 1.14 bits per heavy atom. The average Bonchev–Trinajstić information content (AvgIpc) is 3.63. The first-order valence-corrected chi connectivity index (χ1v) is 15.8. The topological polar surface area (TPSA) is 192 Å². The minimum absolute atomic E-state index is 0.0313. The Morgan fingerprint density at radius 3 is 2.57 bits per heavy atom. The quantitative estimate of drug-likeness (QED) is 0.196. The maximum absolute atomic E-state index is 13.2. The van der Waals surface area contributed by atoms with Crippen molar-refractivity contribution in [3.05, 3.63) is 57.9 Å². The zero-order valence-electron chi connectivity index (χ0n) is 22.1. The Morgan fingerprint density at radius 2 is 1.90 bits per heavy atom. The number of rotatable bonds is 9. The van der Waals surface area contributed by atoms with Gasteiger partial charge < -0.3 is 30.8 Å². The molecule has 0 spiro atoms. The first-order valence-electron chi connectivity index (χ1n) is 12.7. The number of hydrogen-bond donors (Lipinski definition) is 5. The van der Waals surface area contributed by atoms with E-state index >= 15 is 0 Å². The second-order valence-corrected chi connectivity index (χ2v) is 13.1. The Hall–Kier alpha value is -3.83. The van der Waals surface area contributed by atoms with Gasteiger partial charge in [0.1, 0.15) is 28.4 Å². The summed E-state index contributed by atoms with van der Waals surface area (Å²) in [6, 6.07) is 3.47. The van der Waals surface area contributed by atoms with Crippen molar-refractivity contribution in [1.29, 1.82) is 0 Å². The maximum atomic E-state index is 13.2. The molecule has 0 radical (unpaired) electrons. The van der Waals surface area contributed by atoms with Gasteiger partial charge in [-0.3, -0.25) is 19.3 Å². The summed E-state index contributed by atoms with van der Waals surface area (Å²) in [5.41, 5.74) is 0.747. The lowest BCUT2D eigenvalue weighted by Gasteiger charge is -2.49. The third-order valence-electron chi connectivity index (χ3n) is 6.51. The van der Waals surface area contributed by atoms with E-state index in [-0.39, 0.29) is 29.2 Å². The summed E-state index contributed by atoms with van der Waals surface area (Å²) in [5, 5.41) is 17.9. The van der Waals surface area contributed by atoms with Crippen molar-refractivity contribution in [2.24, 2.45) is 0 Å². The summed E-state index contributed by atoms with van der Waals surface area (Å²) in [5.74, 6) is -0.891. The van der Waals surface area contributed by atoms with E-state index in [4.69, 9.17) is 4.74 Å². The molecule has 5 N–H and O–H groups in total. The van der Waals surface area contributed by atoms with E-state index in [2.05, 4.69) is 20.9 Å². The molecule has 1 aromatic heterocycles. The lowest BCUT2D eigenvalue weighted by molar-refractivity contribution is -0.151. The number of carbonyl (C=O) groups is 5. The van der Waals surface area contributed by atoms with Gasteiger partial charge in [-0.15, -0.1) is 35.3 Å². The molecule has 0 bridgehead atoms. The molecular weight excluding hydrogens is 609 g/mol. The highest BCUT2D eigenvalue weighted by atomic mass is 32.2. The van der Waals surface area contributed by atoms with E-state index in [1.807, 2.05) is 0 Å². The first kappa shape index (κ1) is 29.7. The highest BCUT2D eigenvalue weighted by Crippen LogP contribution is 2.41. The molecule has 4 heterocycles. The van der Waals surface area contributed by atoms with Crippen molar-refractivity contribution in [2.45, 2.75) is 29.5 Å². The molecule has 222 valence electrons. The van der Waals surface area contributed by atoms with Gasteiger partial charge in [0.25, 0.3) is 5.91 Å². The number of thioether (sulfide) groups is 3. The van der Waals surface area contributed by atoms with Gasteiger partial charge >= 0.3 is 23.7 Å². The molecule has 2 aromatic rings. The van der Waals surface area contributed by atoms with Crippen molar-refractivity contribution in [3.8, 4) is 0 Å². The number of carboxylic acids is 1. The van der Waals surface area contributed by atoms with Crippen molar-refractivity contribution < 1.29 is 33.8 Å². The molecule has 3 aliphatic heterocycles. The van der Waals surface area contributed by atoms with Crippen LogP contribution in [-0.2, 0) is 30.3 Å². The van der Waals surface area contributed by atoms with Crippen LogP contribution in [-0.4, -0.2) is 89.3 Å². The van der Waals surface area contributed by atoms with Crippen LogP contribution in [0.1, 0.15) is 12.5 Å². The second kappa shape index (κ2) is 12.6. The smallest absolute Gasteiger partial charge is 0.352 e. The van der Waals surface area contributed by atoms with Gasteiger partial charge in [-0.05, 0) is 11.6 Å². The number of hydrogen-bond acceptors (Lipinski definition) is 11. The molecule has 3 amide bonds. The third-order valence-corrected chi connectivity index (χ3v) is 10.6. The molecule has 2 atom stereocenters. The Kier molecular flexibility index (Phi) is 8.88. The number of para-hydroxylation sites is 1. The Labute approximate surface area is 251 Å². The highest BCUT2D eigenvalue weighted by molar-refractivity contribution is 8.20. The number of aromatic amines is 1. The van der Waals surface area contributed by atoms with Crippen molar-refractivity contribution in [1.82, 2.24) is 19.8 Å². The van der Waals surface area contributed by atoms with E-state index in [9.17, 15) is 33.9 Å². The number of carbonyl (C=O) groups excluding carboxylic acids is 4. The molecule has 3 aliphatic rings. The van der Waals surface area contributed by atoms with Gasteiger partial charge in [0.2, 0.25) is 5.91 Å². The summed E-state index contributed by atoms with van der Waals surface area (Å²) in [6.07, 6.45) is 2.41. The van der Waals surface area contributed by atoms with E-state index in [0.29, 0.717) is 22.5 Å². The van der Waals surface area contributed by atoms with Crippen molar-refractivity contribution in [3.63, 3.8) is 0 Å². The fraction of sp³-hybridized carbons (Fsp3) is 0.360. The predicted molar refractivity (Wildman–Crippen MR) is 158 cm³/mol. The van der Waals surface area contributed by atoms with Gasteiger partial charge in [-0.2, -0.15) is 0 Å². The highest BCUT2D eigenvalue weighted by Gasteiger charge is 2.54. The lowest BCUT2D eigenvalue weighted by atomic mass is 10.0. The van der Waals surface area contributed by atoms with Crippen LogP contribution in [0.2, 0.25) is 0 Å². The zero-order chi connectivity index (χ0) is 30.0. The molecule has 42 heavy (non-hydrogen) atoms. The van der Waals surface area contributed by atoms with Crippen molar-refractivity contribution >= 4 is 76.4 Å². The van der Waals surface area contributed by atoms with Gasteiger partial charge in [-0.25, -0.2) is 19.0 Å². The van der Waals surface area contributed by atoms with Gasteiger partial charge in [-0.1, -0.05) is 12.1 Å². The molecule has 2 saturated heterocycles. The molecular formula is C25H26N6O8S3. The molecule has 1 unspecified atom stereocenters. The number of amides is 3. The Bertz CT molecular complexity index is 1530. The van der Waals surface area contributed by atoms with Crippen LogP contribution >= 0.6 is 35.3 Å². The van der Waals surface area contributed by atoms with E-state index in [1.165, 1.54) is 31.1 Å².